The molecule has 112 valence electrons. The van der Waals surface area contributed by atoms with Gasteiger partial charge in [-0.05, 0) is 41.0 Å². The largest absolute Gasteiger partial charge is 0.310 e. The van der Waals surface area contributed by atoms with Gasteiger partial charge in [-0.15, -0.1) is 0 Å². The van der Waals surface area contributed by atoms with Gasteiger partial charge < -0.3 is 5.32 Å². The molecule has 0 aliphatic carbocycles. The molecule has 2 rings (SSSR count). The Balaban J connectivity index is 2.48. The zero-order valence-corrected chi connectivity index (χ0v) is 12.4. The lowest BCUT2D eigenvalue weighted by molar-refractivity contribution is 0.447. The maximum absolute atomic E-state index is 13.4. The monoisotopic (exact) mass is 313 g/mol. The molecule has 5 heteroatoms. The smallest absolute Gasteiger partial charge is 0.194 e. The topological polar surface area (TPSA) is 12.0 Å². The van der Waals surface area contributed by atoms with Crippen LogP contribution in [-0.4, -0.2) is 6.04 Å². The van der Waals surface area contributed by atoms with Crippen LogP contribution in [-0.2, 0) is 6.54 Å². The molecule has 2 aromatic carbocycles. The van der Waals surface area contributed by atoms with Crippen molar-refractivity contribution in [1.82, 2.24) is 5.32 Å². The van der Waals surface area contributed by atoms with Crippen LogP contribution in [0.25, 0.3) is 11.1 Å². The van der Waals surface area contributed by atoms with Gasteiger partial charge in [-0.3, -0.25) is 0 Å². The van der Waals surface area contributed by atoms with E-state index in [1.54, 1.807) is 18.2 Å². The van der Waals surface area contributed by atoms with Gasteiger partial charge in [-0.25, -0.2) is 13.2 Å². The van der Waals surface area contributed by atoms with E-state index in [0.29, 0.717) is 17.1 Å². The summed E-state index contributed by atoms with van der Waals surface area (Å²) < 4.78 is 39.8. The van der Waals surface area contributed by atoms with Gasteiger partial charge in [0.05, 0.1) is 0 Å². The van der Waals surface area contributed by atoms with Crippen molar-refractivity contribution in [1.29, 1.82) is 0 Å². The Bertz CT molecular complexity index is 633. The quantitative estimate of drug-likeness (QED) is 0.790. The molecule has 0 fully saturated rings. The van der Waals surface area contributed by atoms with E-state index >= 15 is 0 Å². The van der Waals surface area contributed by atoms with Crippen molar-refractivity contribution in [3.63, 3.8) is 0 Å². The predicted molar refractivity (Wildman–Crippen MR) is 78.7 cm³/mol. The van der Waals surface area contributed by atoms with E-state index in [0.717, 1.165) is 17.7 Å². The molecule has 0 spiro atoms. The van der Waals surface area contributed by atoms with E-state index in [9.17, 15) is 13.2 Å². The number of benzene rings is 2. The Morgan fingerprint density at radius 3 is 2.24 bits per heavy atom. The van der Waals surface area contributed by atoms with Crippen LogP contribution in [0.5, 0.6) is 0 Å². The average molecular weight is 314 g/mol. The summed E-state index contributed by atoms with van der Waals surface area (Å²) in [5.41, 5.74) is 1.69. The Labute approximate surface area is 126 Å². The molecule has 0 unspecified atom stereocenters. The van der Waals surface area contributed by atoms with Crippen molar-refractivity contribution in [2.45, 2.75) is 26.4 Å². The molecule has 21 heavy (non-hydrogen) atoms. The SMILES string of the molecule is CC(C)NCc1cc(Cl)ccc1-c1cc(F)c(F)c(F)c1. The number of hydrogen-bond acceptors (Lipinski definition) is 1. The number of halogens is 4. The number of hydrogen-bond donors (Lipinski definition) is 1. The second kappa shape index (κ2) is 6.50. The van der Waals surface area contributed by atoms with Crippen molar-refractivity contribution in [3.8, 4) is 11.1 Å². The van der Waals surface area contributed by atoms with Crippen LogP contribution in [0.2, 0.25) is 5.02 Å². The molecule has 0 aliphatic heterocycles. The van der Waals surface area contributed by atoms with Crippen LogP contribution >= 0.6 is 11.6 Å². The summed E-state index contributed by atoms with van der Waals surface area (Å²) in [4.78, 5) is 0. The summed E-state index contributed by atoms with van der Waals surface area (Å²) in [6, 6.07) is 7.26. The standard InChI is InChI=1S/C16H15ClF3N/c1-9(2)21-8-11-5-12(17)3-4-13(11)10-6-14(18)16(20)15(19)7-10/h3-7,9,21H,8H2,1-2H3. The molecule has 0 aliphatic rings. The van der Waals surface area contributed by atoms with Gasteiger partial charge in [-0.2, -0.15) is 0 Å². The van der Waals surface area contributed by atoms with Gasteiger partial charge >= 0.3 is 0 Å². The Kier molecular flexibility index (Phi) is 4.91. The van der Waals surface area contributed by atoms with E-state index in [-0.39, 0.29) is 11.6 Å². The van der Waals surface area contributed by atoms with E-state index in [1.807, 2.05) is 13.8 Å². The van der Waals surface area contributed by atoms with Crippen molar-refractivity contribution >= 4 is 11.6 Å². The first-order valence-electron chi connectivity index (χ1n) is 6.55. The van der Waals surface area contributed by atoms with E-state index in [1.165, 1.54) is 0 Å². The van der Waals surface area contributed by atoms with Gasteiger partial charge in [0.1, 0.15) is 0 Å². The molecule has 1 nitrogen and oxygen atoms in total. The minimum atomic E-state index is -1.46. The molecule has 1 N–H and O–H groups in total. The number of rotatable bonds is 4. The fourth-order valence-electron chi connectivity index (χ4n) is 2.02. The van der Waals surface area contributed by atoms with E-state index < -0.39 is 17.5 Å². The molecule has 0 atom stereocenters. The highest BCUT2D eigenvalue weighted by Gasteiger charge is 2.14. The lowest BCUT2D eigenvalue weighted by Crippen LogP contribution is -2.22. The van der Waals surface area contributed by atoms with E-state index in [4.69, 9.17) is 11.6 Å². The fraction of sp³-hybridized carbons (Fsp3) is 0.250. The zero-order valence-electron chi connectivity index (χ0n) is 11.7. The van der Waals surface area contributed by atoms with Crippen LogP contribution < -0.4 is 5.32 Å². The molecule has 0 bridgehead atoms. The van der Waals surface area contributed by atoms with Gasteiger partial charge in [0.25, 0.3) is 0 Å². The summed E-state index contributed by atoms with van der Waals surface area (Å²) in [7, 11) is 0. The van der Waals surface area contributed by atoms with Crippen molar-refractivity contribution < 1.29 is 13.2 Å². The highest BCUT2D eigenvalue weighted by Crippen LogP contribution is 2.29. The molecule has 0 amide bonds. The second-order valence-corrected chi connectivity index (χ2v) is 5.53. The highest BCUT2D eigenvalue weighted by molar-refractivity contribution is 6.30. The van der Waals surface area contributed by atoms with Gasteiger partial charge in [0.15, 0.2) is 17.5 Å². The maximum atomic E-state index is 13.4. The first-order valence-corrected chi connectivity index (χ1v) is 6.93. The van der Waals surface area contributed by atoms with E-state index in [2.05, 4.69) is 5.32 Å². The summed E-state index contributed by atoms with van der Waals surface area (Å²) >= 11 is 5.97. The fourth-order valence-corrected chi connectivity index (χ4v) is 2.21. The third kappa shape index (κ3) is 3.77. The second-order valence-electron chi connectivity index (χ2n) is 5.09. The lowest BCUT2D eigenvalue weighted by atomic mass is 9.99. The molecule has 0 aromatic heterocycles. The molecular weight excluding hydrogens is 299 g/mol. The Hall–Kier alpha value is -1.52. The zero-order chi connectivity index (χ0) is 15.6. The van der Waals surface area contributed by atoms with Crippen molar-refractivity contribution in [2.24, 2.45) is 0 Å². The normalized spacial score (nSPS) is 11.2. The minimum absolute atomic E-state index is 0.249. The Morgan fingerprint density at radius 1 is 1.05 bits per heavy atom. The lowest BCUT2D eigenvalue weighted by Gasteiger charge is -2.14. The predicted octanol–water partition coefficient (Wildman–Crippen LogP) is 4.92. The summed E-state index contributed by atoms with van der Waals surface area (Å²) in [5, 5.41) is 3.75. The van der Waals surface area contributed by atoms with Crippen LogP contribution in [0.4, 0.5) is 13.2 Å². The number of nitrogens with one attached hydrogen (secondary N) is 1. The average Bonchev–Trinajstić information content (AvgIpc) is 2.42. The summed E-state index contributed by atoms with van der Waals surface area (Å²) in [5.74, 6) is -3.87. The summed E-state index contributed by atoms with van der Waals surface area (Å²) in [6.07, 6.45) is 0. The van der Waals surface area contributed by atoms with Gasteiger partial charge in [0.2, 0.25) is 0 Å². The molecule has 0 saturated heterocycles. The first kappa shape index (κ1) is 15.9. The third-order valence-electron chi connectivity index (χ3n) is 3.06. The highest BCUT2D eigenvalue weighted by atomic mass is 35.5. The van der Waals surface area contributed by atoms with Gasteiger partial charge in [-0.1, -0.05) is 31.5 Å². The third-order valence-corrected chi connectivity index (χ3v) is 3.30. The van der Waals surface area contributed by atoms with Gasteiger partial charge in [0, 0.05) is 17.6 Å². The van der Waals surface area contributed by atoms with Crippen molar-refractivity contribution in [2.75, 3.05) is 0 Å². The van der Waals surface area contributed by atoms with Crippen LogP contribution in [0.3, 0.4) is 0 Å². The van der Waals surface area contributed by atoms with Crippen LogP contribution in [0, 0.1) is 17.5 Å². The van der Waals surface area contributed by atoms with Crippen LogP contribution in [0.1, 0.15) is 19.4 Å². The molecule has 0 radical (unpaired) electrons. The summed E-state index contributed by atoms with van der Waals surface area (Å²) in [6.45, 7) is 4.47. The molecule has 0 heterocycles. The molecule has 2 aromatic rings. The van der Waals surface area contributed by atoms with Crippen LogP contribution in [0.15, 0.2) is 30.3 Å². The molecular formula is C16H15ClF3N. The first-order chi connectivity index (χ1) is 9.88. The minimum Gasteiger partial charge on any atom is -0.310 e. The Morgan fingerprint density at radius 2 is 1.67 bits per heavy atom. The van der Waals surface area contributed by atoms with Crippen molar-refractivity contribution in [3.05, 3.63) is 58.4 Å². The molecule has 0 saturated carbocycles. The maximum Gasteiger partial charge on any atom is 0.194 e.